The Morgan fingerprint density at radius 3 is 2.59 bits per heavy atom. The second kappa shape index (κ2) is 8.37. The number of halogens is 2. The van der Waals surface area contributed by atoms with Crippen LogP contribution in [0.3, 0.4) is 0 Å². The molecule has 0 spiro atoms. The van der Waals surface area contributed by atoms with Gasteiger partial charge in [0.1, 0.15) is 11.4 Å². The lowest BCUT2D eigenvalue weighted by Gasteiger charge is -2.24. The van der Waals surface area contributed by atoms with Crippen LogP contribution in [-0.4, -0.2) is 46.7 Å². The van der Waals surface area contributed by atoms with Crippen LogP contribution in [0.15, 0.2) is 17.1 Å². The number of nitrogens with two attached hydrogens (primary N) is 1. The number of amides is 1. The van der Waals surface area contributed by atoms with Gasteiger partial charge in [-0.2, -0.15) is 0 Å². The number of carboxylic acid groups (broad SMARTS) is 1. The predicted octanol–water partition coefficient (Wildman–Crippen LogP) is 2.51. The number of aromatic nitrogens is 1. The Balaban J connectivity index is 1.71. The number of rotatable bonds is 6. The Bertz CT molecular complexity index is 1160. The van der Waals surface area contributed by atoms with Crippen molar-refractivity contribution in [2.24, 2.45) is 11.7 Å². The van der Waals surface area contributed by atoms with Crippen LogP contribution in [0.2, 0.25) is 5.02 Å². The molecule has 1 amide bonds. The van der Waals surface area contributed by atoms with E-state index in [1.807, 2.05) is 13.8 Å². The third kappa shape index (κ3) is 3.95. The van der Waals surface area contributed by atoms with E-state index >= 15 is 4.39 Å². The van der Waals surface area contributed by atoms with E-state index < -0.39 is 28.8 Å². The zero-order valence-corrected chi connectivity index (χ0v) is 18.7. The third-order valence-corrected chi connectivity index (χ3v) is 6.58. The number of aromatic carboxylic acids is 1. The molecule has 2 unspecified atom stereocenters. The monoisotopic (exact) mass is 464 g/mol. The minimum atomic E-state index is -1.36. The van der Waals surface area contributed by atoms with Gasteiger partial charge in [0.05, 0.1) is 27.7 Å². The van der Waals surface area contributed by atoms with Gasteiger partial charge in [-0.3, -0.25) is 9.59 Å². The highest BCUT2D eigenvalue weighted by Crippen LogP contribution is 2.42. The molecular weight excluding hydrogens is 439 g/mol. The van der Waals surface area contributed by atoms with E-state index in [1.165, 1.54) is 6.20 Å². The van der Waals surface area contributed by atoms with Crippen molar-refractivity contribution in [3.8, 4) is 0 Å². The Labute approximate surface area is 189 Å². The summed E-state index contributed by atoms with van der Waals surface area (Å²) in [5, 5.41) is 12.3. The quantitative estimate of drug-likeness (QED) is 0.604. The second-order valence-electron chi connectivity index (χ2n) is 8.94. The molecule has 1 aromatic carbocycles. The number of carbonyl (C=O) groups excluding carboxylic acids is 1. The number of carbonyl (C=O) groups is 2. The van der Waals surface area contributed by atoms with Crippen molar-refractivity contribution < 1.29 is 19.1 Å². The highest BCUT2D eigenvalue weighted by molar-refractivity contribution is 6.38. The van der Waals surface area contributed by atoms with Crippen molar-refractivity contribution in [1.29, 1.82) is 0 Å². The average molecular weight is 465 g/mol. The molecule has 2 heterocycles. The van der Waals surface area contributed by atoms with Crippen LogP contribution >= 0.6 is 11.6 Å². The normalized spacial score (nSPS) is 19.6. The maximum absolute atomic E-state index is 15.2. The van der Waals surface area contributed by atoms with E-state index in [1.54, 1.807) is 9.47 Å². The Morgan fingerprint density at radius 2 is 2.00 bits per heavy atom. The summed E-state index contributed by atoms with van der Waals surface area (Å²) in [6.45, 7) is 4.54. The lowest BCUT2D eigenvalue weighted by Crippen LogP contribution is -2.48. The number of nitrogens with zero attached hydrogens (tertiary/aromatic N) is 2. The summed E-state index contributed by atoms with van der Waals surface area (Å²) in [4.78, 5) is 38.3. The molecule has 1 aromatic heterocycles. The number of carboxylic acids is 1. The minimum Gasteiger partial charge on any atom is -0.477 e. The largest absolute Gasteiger partial charge is 0.477 e. The molecule has 0 bridgehead atoms. The molecule has 32 heavy (non-hydrogen) atoms. The highest BCUT2D eigenvalue weighted by Gasteiger charge is 2.33. The molecule has 0 radical (unpaired) electrons. The van der Waals surface area contributed by atoms with Crippen molar-refractivity contribution in [1.82, 2.24) is 9.88 Å². The number of nitrogens with one attached hydrogen (secondary N) is 1. The van der Waals surface area contributed by atoms with Crippen molar-refractivity contribution in [2.45, 2.75) is 51.2 Å². The van der Waals surface area contributed by atoms with Crippen LogP contribution in [0, 0.1) is 11.7 Å². The van der Waals surface area contributed by atoms with Gasteiger partial charge in [0, 0.05) is 31.4 Å². The molecule has 1 aliphatic heterocycles. The van der Waals surface area contributed by atoms with Crippen LogP contribution in [0.25, 0.3) is 10.9 Å². The van der Waals surface area contributed by atoms with E-state index in [-0.39, 0.29) is 40.0 Å². The Hall–Kier alpha value is -2.65. The first-order chi connectivity index (χ1) is 15.1. The SMILES string of the molecule is CC(C)C(N)C(=O)NC1CCN(c2c(F)cc3c(=O)c(C(=O)O)cn(C4CC4)c3c2Cl)C1. The van der Waals surface area contributed by atoms with Crippen LogP contribution in [0.4, 0.5) is 10.1 Å². The van der Waals surface area contributed by atoms with Gasteiger partial charge in [0.2, 0.25) is 11.3 Å². The maximum Gasteiger partial charge on any atom is 0.341 e. The molecule has 2 atom stereocenters. The standard InChI is InChI=1S/C22H26ClFN4O4/c1-10(2)17(25)21(30)26-11-5-6-27(8-11)19-15(24)7-13-18(16(19)23)28(12-3-4-12)9-14(20(13)29)22(31)32/h7,9-12,17H,3-6,8,25H2,1-2H3,(H,26,30)(H,31,32). The lowest BCUT2D eigenvalue weighted by molar-refractivity contribution is -0.123. The molecule has 2 fully saturated rings. The fraction of sp³-hybridized carbons (Fsp3) is 0.500. The number of pyridine rings is 1. The molecule has 1 aliphatic carbocycles. The molecule has 2 aliphatic rings. The van der Waals surface area contributed by atoms with E-state index in [0.717, 1.165) is 18.9 Å². The van der Waals surface area contributed by atoms with E-state index in [2.05, 4.69) is 5.32 Å². The van der Waals surface area contributed by atoms with Crippen molar-refractivity contribution in [2.75, 3.05) is 18.0 Å². The van der Waals surface area contributed by atoms with Crippen LogP contribution < -0.4 is 21.4 Å². The number of anilines is 1. The first-order valence-corrected chi connectivity index (χ1v) is 11.1. The summed E-state index contributed by atoms with van der Waals surface area (Å²) in [6, 6.07) is 0.264. The molecule has 4 rings (SSSR count). The van der Waals surface area contributed by atoms with Crippen LogP contribution in [-0.2, 0) is 4.79 Å². The van der Waals surface area contributed by atoms with Crippen LogP contribution in [0.1, 0.15) is 49.5 Å². The molecule has 10 heteroatoms. The van der Waals surface area contributed by atoms with Gasteiger partial charge in [-0.15, -0.1) is 0 Å². The van der Waals surface area contributed by atoms with Crippen molar-refractivity contribution >= 4 is 40.1 Å². The van der Waals surface area contributed by atoms with Crippen molar-refractivity contribution in [3.05, 3.63) is 38.9 Å². The molecule has 172 valence electrons. The van der Waals surface area contributed by atoms with Gasteiger partial charge in [-0.1, -0.05) is 25.4 Å². The molecule has 8 nitrogen and oxygen atoms in total. The van der Waals surface area contributed by atoms with Gasteiger partial charge in [0.15, 0.2) is 0 Å². The predicted molar refractivity (Wildman–Crippen MR) is 120 cm³/mol. The van der Waals surface area contributed by atoms with Gasteiger partial charge >= 0.3 is 5.97 Å². The molecular formula is C22H26ClFN4O4. The summed E-state index contributed by atoms with van der Waals surface area (Å²) in [7, 11) is 0. The van der Waals surface area contributed by atoms with Gasteiger partial charge in [0.25, 0.3) is 0 Å². The smallest absolute Gasteiger partial charge is 0.341 e. The van der Waals surface area contributed by atoms with Gasteiger partial charge in [-0.05, 0) is 31.2 Å². The summed E-state index contributed by atoms with van der Waals surface area (Å²) < 4.78 is 16.9. The zero-order chi connectivity index (χ0) is 23.3. The molecule has 2 aromatic rings. The molecule has 1 saturated heterocycles. The van der Waals surface area contributed by atoms with E-state index in [9.17, 15) is 19.5 Å². The summed E-state index contributed by atoms with van der Waals surface area (Å²) in [5.74, 6) is -2.31. The number of fused-ring (bicyclic) bond motifs is 1. The fourth-order valence-corrected chi connectivity index (χ4v) is 4.60. The Kier molecular flexibility index (Phi) is 5.89. The average Bonchev–Trinajstić information content (AvgIpc) is 3.47. The van der Waals surface area contributed by atoms with E-state index in [4.69, 9.17) is 17.3 Å². The van der Waals surface area contributed by atoms with Gasteiger partial charge in [-0.25, -0.2) is 9.18 Å². The summed E-state index contributed by atoms with van der Waals surface area (Å²) >= 11 is 6.66. The Morgan fingerprint density at radius 1 is 1.31 bits per heavy atom. The highest BCUT2D eigenvalue weighted by atomic mass is 35.5. The topological polar surface area (TPSA) is 118 Å². The second-order valence-corrected chi connectivity index (χ2v) is 9.32. The third-order valence-electron chi connectivity index (χ3n) is 6.23. The summed E-state index contributed by atoms with van der Waals surface area (Å²) in [5.41, 5.74) is 5.25. The molecule has 4 N–H and O–H groups in total. The first-order valence-electron chi connectivity index (χ1n) is 10.7. The van der Waals surface area contributed by atoms with Crippen molar-refractivity contribution in [3.63, 3.8) is 0 Å². The zero-order valence-electron chi connectivity index (χ0n) is 17.9. The minimum absolute atomic E-state index is 0.00488. The number of benzene rings is 1. The maximum atomic E-state index is 15.2. The lowest BCUT2D eigenvalue weighted by atomic mass is 10.0. The number of hydrogen-bond acceptors (Lipinski definition) is 5. The van der Waals surface area contributed by atoms with Gasteiger partial charge < -0.3 is 25.6 Å². The fourth-order valence-electron chi connectivity index (χ4n) is 4.20. The number of hydrogen-bond donors (Lipinski definition) is 3. The van der Waals surface area contributed by atoms with E-state index in [0.29, 0.717) is 25.0 Å². The summed E-state index contributed by atoms with van der Waals surface area (Å²) in [6.07, 6.45) is 3.55. The first kappa shape index (κ1) is 22.5. The molecule has 1 saturated carbocycles. The van der Waals surface area contributed by atoms with Crippen LogP contribution in [0.5, 0.6) is 0 Å².